The lowest BCUT2D eigenvalue weighted by atomic mass is 10.2. The zero-order valence-electron chi connectivity index (χ0n) is 23.7. The highest BCUT2D eigenvalue weighted by molar-refractivity contribution is 5.93. The molecule has 4 aromatic heterocycles. The van der Waals surface area contributed by atoms with Crippen LogP contribution in [0.25, 0.3) is 28.0 Å². The summed E-state index contributed by atoms with van der Waals surface area (Å²) in [6.45, 7) is 7.13. The molecular weight excluding hydrogens is 555 g/mol. The number of fused-ring (bicyclic) bond motifs is 3. The zero-order chi connectivity index (χ0) is 29.3. The number of hydrogen-bond acceptors (Lipinski definition) is 10. The number of nitrogen functional groups attached to an aromatic ring is 1. The van der Waals surface area contributed by atoms with E-state index in [0.717, 1.165) is 43.6 Å². The van der Waals surface area contributed by atoms with Gasteiger partial charge in [-0.3, -0.25) is 9.69 Å². The average molecular weight is 589 g/mol. The van der Waals surface area contributed by atoms with Gasteiger partial charge in [0.2, 0.25) is 5.95 Å². The van der Waals surface area contributed by atoms with Crippen molar-refractivity contribution in [1.82, 2.24) is 39.5 Å². The molecule has 0 unspecified atom stereocenters. The average Bonchev–Trinajstić information content (AvgIpc) is 3.80. The predicted octanol–water partition coefficient (Wildman–Crippen LogP) is 1.69. The second kappa shape index (κ2) is 11.5. The number of carbonyl (C=O) groups is 1. The molecular formula is C29H33FN10O3. The molecule has 224 valence electrons. The quantitative estimate of drug-likeness (QED) is 0.276. The number of halogens is 1. The van der Waals surface area contributed by atoms with Crippen LogP contribution in [0, 0.1) is 5.82 Å². The molecule has 1 amide bonds. The first kappa shape index (κ1) is 27.2. The lowest BCUT2D eigenvalue weighted by Gasteiger charge is -2.36. The summed E-state index contributed by atoms with van der Waals surface area (Å²) in [7, 11) is 0. The highest BCUT2D eigenvalue weighted by Crippen LogP contribution is 2.27. The molecule has 0 spiro atoms. The van der Waals surface area contributed by atoms with Gasteiger partial charge >= 0.3 is 0 Å². The third-order valence-corrected chi connectivity index (χ3v) is 8.10. The van der Waals surface area contributed by atoms with Crippen LogP contribution in [0.2, 0.25) is 0 Å². The van der Waals surface area contributed by atoms with Crippen LogP contribution in [0.15, 0.2) is 53.3 Å². The van der Waals surface area contributed by atoms with Crippen LogP contribution in [-0.2, 0) is 11.3 Å². The van der Waals surface area contributed by atoms with E-state index in [4.69, 9.17) is 14.9 Å². The monoisotopic (exact) mass is 588 g/mol. The zero-order valence-corrected chi connectivity index (χ0v) is 23.7. The molecule has 2 saturated heterocycles. The topological polar surface area (TPSA) is 135 Å². The Hall–Kier alpha value is -4.69. The van der Waals surface area contributed by atoms with Crippen molar-refractivity contribution in [2.24, 2.45) is 0 Å². The number of anilines is 2. The van der Waals surface area contributed by atoms with Crippen molar-refractivity contribution >= 4 is 34.1 Å². The molecule has 6 heterocycles. The van der Waals surface area contributed by atoms with E-state index < -0.39 is 0 Å². The number of aromatic nitrogens is 5. The molecule has 0 saturated carbocycles. The number of nitrogens with one attached hydrogen (secondary N) is 1. The van der Waals surface area contributed by atoms with Gasteiger partial charge in [-0.1, -0.05) is 0 Å². The summed E-state index contributed by atoms with van der Waals surface area (Å²) in [4.78, 5) is 23.1. The van der Waals surface area contributed by atoms with Gasteiger partial charge < -0.3 is 30.0 Å². The van der Waals surface area contributed by atoms with Gasteiger partial charge in [0.1, 0.15) is 17.3 Å². The van der Waals surface area contributed by atoms with Gasteiger partial charge in [-0.25, -0.2) is 9.07 Å². The number of rotatable bonds is 8. The number of amides is 1. The van der Waals surface area contributed by atoms with Gasteiger partial charge in [-0.05, 0) is 30.3 Å². The molecule has 0 atom stereocenters. The molecule has 5 aromatic rings. The third-order valence-electron chi connectivity index (χ3n) is 8.10. The van der Waals surface area contributed by atoms with Gasteiger partial charge in [0.05, 0.1) is 35.6 Å². The Morgan fingerprint density at radius 3 is 2.67 bits per heavy atom. The maximum Gasteiger partial charge on any atom is 0.260 e. The smallest absolute Gasteiger partial charge is 0.260 e. The van der Waals surface area contributed by atoms with E-state index in [2.05, 4.69) is 25.4 Å². The molecule has 43 heavy (non-hydrogen) atoms. The molecule has 0 aliphatic carbocycles. The van der Waals surface area contributed by atoms with E-state index in [0.29, 0.717) is 61.3 Å². The largest absolute Gasteiger partial charge is 0.484 e. The Morgan fingerprint density at radius 1 is 1.07 bits per heavy atom. The minimum atomic E-state index is -0.353. The molecule has 2 fully saturated rings. The molecule has 2 aliphatic rings. The van der Waals surface area contributed by atoms with E-state index >= 15 is 4.39 Å². The summed E-state index contributed by atoms with van der Waals surface area (Å²) in [5.74, 6) is 0.854. The number of nitrogens with two attached hydrogens (primary N) is 1. The number of benzene rings is 1. The van der Waals surface area contributed by atoms with Crippen molar-refractivity contribution in [3.05, 3.63) is 54.7 Å². The van der Waals surface area contributed by atoms with E-state index in [9.17, 15) is 4.79 Å². The van der Waals surface area contributed by atoms with E-state index in [1.54, 1.807) is 34.0 Å². The van der Waals surface area contributed by atoms with E-state index in [-0.39, 0.29) is 24.3 Å². The Kier molecular flexibility index (Phi) is 7.28. The van der Waals surface area contributed by atoms with Crippen molar-refractivity contribution in [2.45, 2.75) is 6.54 Å². The van der Waals surface area contributed by atoms with Crippen LogP contribution in [0.5, 0.6) is 5.75 Å². The fourth-order valence-corrected chi connectivity index (χ4v) is 5.72. The predicted molar refractivity (Wildman–Crippen MR) is 158 cm³/mol. The number of nitrogens with zero attached hydrogens (tertiary/aromatic N) is 8. The first-order chi connectivity index (χ1) is 21.0. The number of furan rings is 1. The SMILES string of the molecule is Nc1nc2c(cnn2CCN2CCN(c3ccc(OCC(=O)N4CCNCC4)cc3F)CC2)c2cc(-c3ccco3)nn12. The first-order valence-corrected chi connectivity index (χ1v) is 14.5. The van der Waals surface area contributed by atoms with Gasteiger partial charge in [-0.15, -0.1) is 0 Å². The minimum Gasteiger partial charge on any atom is -0.484 e. The third kappa shape index (κ3) is 5.46. The minimum absolute atomic E-state index is 0.0844. The Labute approximate surface area is 246 Å². The second-order valence-electron chi connectivity index (χ2n) is 10.7. The van der Waals surface area contributed by atoms with Crippen LogP contribution in [0.4, 0.5) is 16.0 Å². The molecule has 14 heteroatoms. The Bertz CT molecular complexity index is 1740. The van der Waals surface area contributed by atoms with E-state index in [1.165, 1.54) is 6.07 Å². The van der Waals surface area contributed by atoms with Gasteiger partial charge in [-0.2, -0.15) is 19.7 Å². The van der Waals surface area contributed by atoms with Crippen LogP contribution in [0.1, 0.15) is 0 Å². The maximum atomic E-state index is 15.0. The standard InChI is InChI=1S/C29H33FN10O3/c30-22-16-20(43-19-27(41)38-7-5-32-6-8-38)3-4-24(22)37-12-9-36(10-13-37)11-14-39-28-21(18-33-39)25-17-23(26-2-1-15-42-26)35-40(25)29(31)34-28/h1-4,15-18,32H,5-14,19H2,(H2,31,34). The van der Waals surface area contributed by atoms with Crippen LogP contribution < -0.4 is 20.7 Å². The number of ether oxygens (including phenoxy) is 1. The second-order valence-corrected chi connectivity index (χ2v) is 10.7. The van der Waals surface area contributed by atoms with Crippen LogP contribution in [-0.4, -0.2) is 106 Å². The number of carbonyl (C=O) groups excluding carboxylic acids is 1. The van der Waals surface area contributed by atoms with Crippen molar-refractivity contribution < 1.29 is 18.3 Å². The molecule has 3 N–H and O–H groups in total. The Morgan fingerprint density at radius 2 is 1.91 bits per heavy atom. The molecule has 7 rings (SSSR count). The normalized spacial score (nSPS) is 16.4. The number of piperazine rings is 2. The first-order valence-electron chi connectivity index (χ1n) is 14.5. The Balaban J connectivity index is 0.945. The fraction of sp³-hybridized carbons (Fsp3) is 0.379. The molecule has 1 aromatic carbocycles. The molecule has 2 aliphatic heterocycles. The highest BCUT2D eigenvalue weighted by Gasteiger charge is 2.22. The van der Waals surface area contributed by atoms with Crippen molar-refractivity contribution in [3.8, 4) is 17.2 Å². The lowest BCUT2D eigenvalue weighted by Crippen LogP contribution is -2.48. The van der Waals surface area contributed by atoms with Crippen molar-refractivity contribution in [1.29, 1.82) is 0 Å². The van der Waals surface area contributed by atoms with Crippen molar-refractivity contribution in [2.75, 3.05) is 76.1 Å². The van der Waals surface area contributed by atoms with Crippen LogP contribution in [0.3, 0.4) is 0 Å². The summed E-state index contributed by atoms with van der Waals surface area (Å²) in [6, 6.07) is 10.4. The maximum absolute atomic E-state index is 15.0. The van der Waals surface area contributed by atoms with Crippen molar-refractivity contribution in [3.63, 3.8) is 0 Å². The fourth-order valence-electron chi connectivity index (χ4n) is 5.72. The summed E-state index contributed by atoms with van der Waals surface area (Å²) < 4.78 is 29.6. The van der Waals surface area contributed by atoms with Crippen LogP contribution >= 0.6 is 0 Å². The lowest BCUT2D eigenvalue weighted by molar-refractivity contribution is -0.133. The van der Waals surface area contributed by atoms with E-state index in [1.807, 2.05) is 27.8 Å². The molecule has 0 bridgehead atoms. The van der Waals surface area contributed by atoms with Gasteiger partial charge in [0.15, 0.2) is 18.0 Å². The summed E-state index contributed by atoms with van der Waals surface area (Å²) in [5.41, 5.74) is 8.99. The number of hydrogen-bond donors (Lipinski definition) is 2. The van der Waals surface area contributed by atoms with Gasteiger partial charge in [0, 0.05) is 65.0 Å². The summed E-state index contributed by atoms with van der Waals surface area (Å²) >= 11 is 0. The summed E-state index contributed by atoms with van der Waals surface area (Å²) in [5, 5.41) is 13.2. The molecule has 13 nitrogen and oxygen atoms in total. The summed E-state index contributed by atoms with van der Waals surface area (Å²) in [6.07, 6.45) is 3.40. The van der Waals surface area contributed by atoms with Gasteiger partial charge in [0.25, 0.3) is 5.91 Å². The highest BCUT2D eigenvalue weighted by atomic mass is 19.1. The molecule has 0 radical (unpaired) electrons.